The Labute approximate surface area is 127 Å². The van der Waals surface area contributed by atoms with Crippen LogP contribution in [0.25, 0.3) is 0 Å². The van der Waals surface area contributed by atoms with Gasteiger partial charge in [0, 0.05) is 25.7 Å². The predicted molar refractivity (Wildman–Crippen MR) is 85.8 cm³/mol. The van der Waals surface area contributed by atoms with Crippen molar-refractivity contribution in [2.24, 2.45) is 5.73 Å². The highest BCUT2D eigenvalue weighted by molar-refractivity contribution is 5.81. The molecular weight excluding hydrogens is 262 g/mol. The van der Waals surface area contributed by atoms with E-state index in [9.17, 15) is 4.79 Å². The zero-order valence-corrected chi connectivity index (χ0v) is 13.2. The Bertz CT molecular complexity index is 447. The second kappa shape index (κ2) is 7.57. The van der Waals surface area contributed by atoms with Crippen molar-refractivity contribution in [2.75, 3.05) is 19.6 Å². The van der Waals surface area contributed by atoms with E-state index in [-0.39, 0.29) is 5.91 Å². The molecule has 1 heterocycles. The first-order valence-corrected chi connectivity index (χ1v) is 7.94. The third-order valence-electron chi connectivity index (χ3n) is 4.24. The lowest BCUT2D eigenvalue weighted by Gasteiger charge is -2.31. The van der Waals surface area contributed by atoms with Crippen LogP contribution in [0.2, 0.25) is 0 Å². The van der Waals surface area contributed by atoms with Crippen molar-refractivity contribution in [3.8, 4) is 0 Å². The van der Waals surface area contributed by atoms with Crippen LogP contribution in [-0.2, 0) is 11.3 Å². The number of hydrogen-bond donors (Lipinski definition) is 1. The number of carbonyl (C=O) groups excluding carboxylic acids is 1. The highest BCUT2D eigenvalue weighted by Gasteiger charge is 2.28. The molecule has 1 aliphatic heterocycles. The number of likely N-dealkylation sites (N-methyl/N-ethyl adjacent to an activating group) is 1. The van der Waals surface area contributed by atoms with Crippen molar-refractivity contribution < 1.29 is 4.79 Å². The number of rotatable bonds is 6. The predicted octanol–water partition coefficient (Wildman–Crippen LogP) is 1.85. The quantitative estimate of drug-likeness (QED) is 0.869. The molecular formula is C17H27N3O. The molecule has 0 aliphatic carbocycles. The Hall–Kier alpha value is -1.39. The fraction of sp³-hybridized carbons (Fsp3) is 0.588. The van der Waals surface area contributed by atoms with E-state index in [4.69, 9.17) is 5.73 Å². The van der Waals surface area contributed by atoms with Gasteiger partial charge in [-0.2, -0.15) is 0 Å². The smallest absolute Gasteiger partial charge is 0.239 e. The normalized spacial score (nSPS) is 20.4. The topological polar surface area (TPSA) is 49.6 Å². The van der Waals surface area contributed by atoms with Gasteiger partial charge in [-0.25, -0.2) is 0 Å². The van der Waals surface area contributed by atoms with Crippen LogP contribution in [0.3, 0.4) is 0 Å². The second-order valence-corrected chi connectivity index (χ2v) is 5.92. The Balaban J connectivity index is 1.96. The van der Waals surface area contributed by atoms with Crippen LogP contribution in [0.4, 0.5) is 0 Å². The molecule has 2 rings (SSSR count). The molecule has 0 bridgehead atoms. The molecule has 4 heteroatoms. The van der Waals surface area contributed by atoms with Crippen molar-refractivity contribution in [1.29, 1.82) is 0 Å². The molecule has 1 amide bonds. The minimum Gasteiger partial charge on any atom is -0.340 e. The number of benzene rings is 1. The lowest BCUT2D eigenvalue weighted by atomic mass is 10.1. The van der Waals surface area contributed by atoms with Crippen molar-refractivity contribution in [1.82, 2.24) is 9.80 Å². The fourth-order valence-electron chi connectivity index (χ4n) is 3.05. The van der Waals surface area contributed by atoms with Gasteiger partial charge in [-0.3, -0.25) is 9.69 Å². The monoisotopic (exact) mass is 289 g/mol. The Morgan fingerprint density at radius 1 is 1.43 bits per heavy atom. The molecule has 1 saturated heterocycles. The highest BCUT2D eigenvalue weighted by atomic mass is 16.2. The molecule has 0 aromatic heterocycles. The van der Waals surface area contributed by atoms with Crippen LogP contribution in [0.5, 0.6) is 0 Å². The molecule has 0 spiro atoms. The highest BCUT2D eigenvalue weighted by Crippen LogP contribution is 2.21. The molecule has 21 heavy (non-hydrogen) atoms. The number of hydrogen-bond acceptors (Lipinski definition) is 3. The average Bonchev–Trinajstić information content (AvgIpc) is 2.92. The summed E-state index contributed by atoms with van der Waals surface area (Å²) in [6.45, 7) is 7.40. The maximum atomic E-state index is 12.1. The lowest BCUT2D eigenvalue weighted by Crippen LogP contribution is -2.47. The number of nitrogens with two attached hydrogens (primary N) is 1. The van der Waals surface area contributed by atoms with Gasteiger partial charge in [0.25, 0.3) is 0 Å². The molecule has 116 valence electrons. The molecule has 1 aliphatic rings. The zero-order chi connectivity index (χ0) is 15.2. The van der Waals surface area contributed by atoms with Crippen molar-refractivity contribution in [3.05, 3.63) is 35.9 Å². The van der Waals surface area contributed by atoms with Gasteiger partial charge in [0.1, 0.15) is 0 Å². The first kappa shape index (κ1) is 16.0. The molecule has 1 aromatic rings. The van der Waals surface area contributed by atoms with Gasteiger partial charge >= 0.3 is 0 Å². The van der Waals surface area contributed by atoms with E-state index in [1.54, 1.807) is 6.92 Å². The van der Waals surface area contributed by atoms with E-state index in [0.717, 1.165) is 32.6 Å². The Kier molecular flexibility index (Phi) is 5.76. The van der Waals surface area contributed by atoms with Gasteiger partial charge in [0.15, 0.2) is 0 Å². The van der Waals surface area contributed by atoms with E-state index in [1.807, 2.05) is 17.9 Å². The molecule has 1 aromatic carbocycles. The van der Waals surface area contributed by atoms with E-state index in [1.165, 1.54) is 12.0 Å². The summed E-state index contributed by atoms with van der Waals surface area (Å²) in [5.74, 6) is 0.0593. The largest absolute Gasteiger partial charge is 0.340 e. The summed E-state index contributed by atoms with van der Waals surface area (Å²) in [6.07, 6.45) is 2.37. The van der Waals surface area contributed by atoms with E-state index < -0.39 is 6.04 Å². The second-order valence-electron chi connectivity index (χ2n) is 5.92. The van der Waals surface area contributed by atoms with Crippen LogP contribution in [0, 0.1) is 0 Å². The molecule has 4 nitrogen and oxygen atoms in total. The van der Waals surface area contributed by atoms with Gasteiger partial charge in [-0.15, -0.1) is 0 Å². The Morgan fingerprint density at radius 3 is 2.76 bits per heavy atom. The van der Waals surface area contributed by atoms with Gasteiger partial charge in [0.2, 0.25) is 5.91 Å². The summed E-state index contributed by atoms with van der Waals surface area (Å²) >= 11 is 0. The molecule has 0 unspecified atom stereocenters. The van der Waals surface area contributed by atoms with E-state index >= 15 is 0 Å². The SMILES string of the molecule is CCN(C[C@H]1CCCN1Cc1ccccc1)C(=O)[C@H](C)N. The molecule has 1 fully saturated rings. The van der Waals surface area contributed by atoms with Gasteiger partial charge in [0.05, 0.1) is 6.04 Å². The fourth-order valence-corrected chi connectivity index (χ4v) is 3.05. The third-order valence-corrected chi connectivity index (χ3v) is 4.24. The summed E-state index contributed by atoms with van der Waals surface area (Å²) in [5, 5.41) is 0. The Morgan fingerprint density at radius 2 is 2.14 bits per heavy atom. The van der Waals surface area contributed by atoms with Crippen LogP contribution in [-0.4, -0.2) is 47.4 Å². The third kappa shape index (κ3) is 4.29. The number of carbonyl (C=O) groups is 1. The van der Waals surface area contributed by atoms with E-state index in [0.29, 0.717) is 6.04 Å². The first-order chi connectivity index (χ1) is 10.1. The first-order valence-electron chi connectivity index (χ1n) is 7.94. The maximum Gasteiger partial charge on any atom is 0.239 e. The zero-order valence-electron chi connectivity index (χ0n) is 13.2. The number of nitrogens with zero attached hydrogens (tertiary/aromatic N) is 2. The lowest BCUT2D eigenvalue weighted by molar-refractivity contribution is -0.132. The van der Waals surface area contributed by atoms with E-state index in [2.05, 4.69) is 29.2 Å². The summed E-state index contributed by atoms with van der Waals surface area (Å²) in [7, 11) is 0. The van der Waals surface area contributed by atoms with Gasteiger partial charge < -0.3 is 10.6 Å². The van der Waals surface area contributed by atoms with Crippen molar-refractivity contribution in [3.63, 3.8) is 0 Å². The summed E-state index contributed by atoms with van der Waals surface area (Å²) < 4.78 is 0. The van der Waals surface area contributed by atoms with Crippen molar-refractivity contribution in [2.45, 2.75) is 45.3 Å². The van der Waals surface area contributed by atoms with Crippen LogP contribution in [0.1, 0.15) is 32.3 Å². The minimum atomic E-state index is -0.408. The summed E-state index contributed by atoms with van der Waals surface area (Å²) in [6, 6.07) is 10.6. The summed E-state index contributed by atoms with van der Waals surface area (Å²) in [4.78, 5) is 16.5. The number of amides is 1. The molecule has 0 saturated carbocycles. The van der Waals surface area contributed by atoms with Crippen LogP contribution in [0.15, 0.2) is 30.3 Å². The van der Waals surface area contributed by atoms with Crippen molar-refractivity contribution >= 4 is 5.91 Å². The molecule has 2 atom stereocenters. The maximum absolute atomic E-state index is 12.1. The molecule has 0 radical (unpaired) electrons. The standard InChI is InChI=1S/C17H27N3O/c1-3-19(17(21)14(2)18)13-16-10-7-11-20(16)12-15-8-5-4-6-9-15/h4-6,8-9,14,16H,3,7,10-13,18H2,1-2H3/t14-,16+/m0/s1. The van der Waals surface area contributed by atoms with Gasteiger partial charge in [-0.05, 0) is 38.8 Å². The average molecular weight is 289 g/mol. The summed E-state index contributed by atoms with van der Waals surface area (Å²) in [5.41, 5.74) is 7.08. The van der Waals surface area contributed by atoms with Gasteiger partial charge in [-0.1, -0.05) is 30.3 Å². The molecule has 2 N–H and O–H groups in total. The van der Waals surface area contributed by atoms with Crippen LogP contribution >= 0.6 is 0 Å². The number of likely N-dealkylation sites (tertiary alicyclic amines) is 1. The minimum absolute atomic E-state index is 0.0593. The van der Waals surface area contributed by atoms with Crippen LogP contribution < -0.4 is 5.73 Å².